The molecular weight excluding hydrogens is 984 g/mol. The molecule has 0 aliphatic heterocycles. The van der Waals surface area contributed by atoms with Crippen molar-refractivity contribution in [2.75, 3.05) is 13.1 Å². The summed E-state index contributed by atoms with van der Waals surface area (Å²) in [5.41, 5.74) is 9.62. The lowest BCUT2D eigenvalue weighted by molar-refractivity contribution is -0.137. The maximum Gasteiger partial charge on any atom is 0.303 e. The highest BCUT2D eigenvalue weighted by Crippen LogP contribution is 2.35. The van der Waals surface area contributed by atoms with Crippen molar-refractivity contribution in [1.82, 2.24) is 30.6 Å². The molecule has 15 nitrogen and oxygen atoms in total. The summed E-state index contributed by atoms with van der Waals surface area (Å²) in [5, 5.41) is 34.3. The lowest BCUT2D eigenvalue weighted by atomic mass is 9.92. The molecule has 0 aliphatic carbocycles. The predicted octanol–water partition coefficient (Wildman–Crippen LogP) is 9.16. The molecule has 4 heterocycles. The van der Waals surface area contributed by atoms with E-state index in [1.807, 2.05) is 36.4 Å². The number of nitrogens with zero attached hydrogens (tertiary/aromatic N) is 6. The highest BCUT2D eigenvalue weighted by Gasteiger charge is 2.18. The summed E-state index contributed by atoms with van der Waals surface area (Å²) >= 11 is 7.29. The van der Waals surface area contributed by atoms with Crippen LogP contribution in [0.4, 0.5) is 0 Å². The van der Waals surface area contributed by atoms with Gasteiger partial charge in [0.1, 0.15) is 32.7 Å². The van der Waals surface area contributed by atoms with Crippen LogP contribution in [0.25, 0.3) is 11.1 Å². The molecule has 0 atom stereocenters. The molecule has 0 aliphatic rings. The topological polar surface area (TPSA) is 214 Å². The van der Waals surface area contributed by atoms with Crippen LogP contribution in [-0.2, 0) is 49.1 Å². The maximum atomic E-state index is 11.0. The molecule has 0 amide bonds. The number of ether oxygens (including phenoxy) is 4. The van der Waals surface area contributed by atoms with Gasteiger partial charge < -0.3 is 39.5 Å². The minimum absolute atomic E-state index is 0.0573. The molecule has 6 aromatic rings. The molecule has 0 saturated carbocycles. The third-order valence-electron chi connectivity index (χ3n) is 10.5. The van der Waals surface area contributed by atoms with Crippen molar-refractivity contribution in [3.8, 4) is 46.8 Å². The molecule has 4 aromatic heterocycles. The van der Waals surface area contributed by atoms with Crippen LogP contribution >= 0.6 is 31.9 Å². The summed E-state index contributed by atoms with van der Waals surface area (Å²) in [6.45, 7) is 6.65. The van der Waals surface area contributed by atoms with Gasteiger partial charge in [-0.25, -0.2) is 0 Å². The van der Waals surface area contributed by atoms with E-state index in [1.54, 1.807) is 36.7 Å². The number of benzene rings is 2. The van der Waals surface area contributed by atoms with Crippen molar-refractivity contribution in [1.29, 1.82) is 10.5 Å². The first-order valence-corrected chi connectivity index (χ1v) is 23.0. The number of carbonyl (C=O) groups excluding carboxylic acids is 1. The number of aromatic nitrogens is 4. The SMILES string of the molecule is Cc1c(COc2nc(OCc3cc(C#N)ccn3)c(CNCCCC=O)cc2Br)cccc1-c1cccc(COc2nc(OCc3cc(C#N)ccn3)c(CNCCCC(=O)O)cc2Br)c1C. The Morgan fingerprint density at radius 1 is 0.657 bits per heavy atom. The summed E-state index contributed by atoms with van der Waals surface area (Å²) in [5.74, 6) is 0.482. The first-order chi connectivity index (χ1) is 32.6. The lowest BCUT2D eigenvalue weighted by Crippen LogP contribution is -2.17. The number of pyridine rings is 4. The van der Waals surface area contributed by atoms with Gasteiger partial charge in [-0.15, -0.1) is 0 Å². The van der Waals surface area contributed by atoms with Gasteiger partial charge in [-0.1, -0.05) is 36.4 Å². The summed E-state index contributed by atoms with van der Waals surface area (Å²) in [6, 6.07) is 26.8. The molecule has 0 bridgehead atoms. The molecule has 67 heavy (non-hydrogen) atoms. The highest BCUT2D eigenvalue weighted by molar-refractivity contribution is 9.10. The van der Waals surface area contributed by atoms with E-state index in [4.69, 9.17) is 34.0 Å². The number of rotatable bonds is 25. The summed E-state index contributed by atoms with van der Waals surface area (Å²) in [4.78, 5) is 40.0. The molecule has 0 radical (unpaired) electrons. The standard InChI is InChI=1S/C50H48Br2N8O7/c1-32-36(28-64-49-44(51)22-38(26-55-15-3-4-19-61)47(59-49)66-30-40-20-34(24-53)13-17-57-40)8-5-10-42(32)43-11-6-9-37(33(43)2)29-65-50-45(52)23-39(27-56-16-7-12-46(62)63)48(60-50)67-31-41-21-35(25-54)14-18-58-41/h5-6,8-11,13-14,17-23,55-56H,3-4,7,12,15-16,26-31H2,1-2H3,(H,62,63). The molecule has 6 rings (SSSR count). The zero-order valence-electron chi connectivity index (χ0n) is 37.0. The minimum Gasteiger partial charge on any atom is -0.481 e. The Labute approximate surface area is 405 Å². The van der Waals surface area contributed by atoms with Gasteiger partial charge in [-0.3, -0.25) is 14.8 Å². The van der Waals surface area contributed by atoms with E-state index in [2.05, 4.69) is 90.6 Å². The maximum absolute atomic E-state index is 11.0. The van der Waals surface area contributed by atoms with Gasteiger partial charge in [0.25, 0.3) is 0 Å². The number of carboxylic acids is 1. The Hall–Kier alpha value is -6.76. The van der Waals surface area contributed by atoms with Gasteiger partial charge in [0.2, 0.25) is 23.5 Å². The highest BCUT2D eigenvalue weighted by atomic mass is 79.9. The van der Waals surface area contributed by atoms with E-state index < -0.39 is 5.97 Å². The number of nitrogens with one attached hydrogen (secondary N) is 2. The van der Waals surface area contributed by atoms with Crippen LogP contribution in [0.1, 0.15) is 81.6 Å². The summed E-state index contributed by atoms with van der Waals surface area (Å²) in [7, 11) is 0. The Kier molecular flexibility index (Phi) is 18.7. The molecular formula is C50H48Br2N8O7. The van der Waals surface area contributed by atoms with Gasteiger partial charge in [-0.05, 0) is 141 Å². The van der Waals surface area contributed by atoms with Gasteiger partial charge in [0.15, 0.2) is 0 Å². The zero-order chi connectivity index (χ0) is 47.5. The number of carboxylic acid groups (broad SMARTS) is 1. The molecule has 0 saturated heterocycles. The van der Waals surface area contributed by atoms with Crippen molar-refractivity contribution < 1.29 is 33.6 Å². The average molecular weight is 1030 g/mol. The largest absolute Gasteiger partial charge is 0.481 e. The first kappa shape index (κ1) is 49.7. The third kappa shape index (κ3) is 14.4. The minimum atomic E-state index is -0.852. The van der Waals surface area contributed by atoms with Crippen molar-refractivity contribution >= 4 is 44.1 Å². The van der Waals surface area contributed by atoms with Crippen molar-refractivity contribution in [2.24, 2.45) is 0 Å². The number of carbonyl (C=O) groups is 2. The van der Waals surface area contributed by atoms with E-state index in [0.717, 1.165) is 50.8 Å². The monoisotopic (exact) mass is 1030 g/mol. The second-order valence-electron chi connectivity index (χ2n) is 15.3. The zero-order valence-corrected chi connectivity index (χ0v) is 40.2. The van der Waals surface area contributed by atoms with Crippen LogP contribution in [0.15, 0.2) is 94.1 Å². The second-order valence-corrected chi connectivity index (χ2v) is 17.0. The molecule has 2 aromatic carbocycles. The molecule has 17 heteroatoms. The Morgan fingerprint density at radius 3 is 1.57 bits per heavy atom. The van der Waals surface area contributed by atoms with Crippen LogP contribution < -0.4 is 29.6 Å². The number of halogens is 2. The molecule has 0 spiro atoms. The molecule has 344 valence electrons. The van der Waals surface area contributed by atoms with Gasteiger partial charge in [-0.2, -0.15) is 20.5 Å². The number of unbranched alkanes of at least 4 members (excludes halogenated alkanes) is 1. The van der Waals surface area contributed by atoms with Crippen LogP contribution in [0.3, 0.4) is 0 Å². The van der Waals surface area contributed by atoms with Gasteiger partial charge >= 0.3 is 5.97 Å². The van der Waals surface area contributed by atoms with Crippen LogP contribution in [-0.4, -0.2) is 50.4 Å². The Balaban J connectivity index is 1.17. The van der Waals surface area contributed by atoms with E-state index in [0.29, 0.717) is 100 Å². The van der Waals surface area contributed by atoms with Crippen molar-refractivity contribution in [3.63, 3.8) is 0 Å². The van der Waals surface area contributed by atoms with Crippen LogP contribution in [0, 0.1) is 36.5 Å². The van der Waals surface area contributed by atoms with Crippen molar-refractivity contribution in [2.45, 2.75) is 79.0 Å². The fourth-order valence-corrected chi connectivity index (χ4v) is 7.87. The number of nitriles is 2. The fourth-order valence-electron chi connectivity index (χ4n) is 6.91. The lowest BCUT2D eigenvalue weighted by Gasteiger charge is -2.18. The fraction of sp³-hybridized carbons (Fsp3) is 0.280. The van der Waals surface area contributed by atoms with E-state index in [1.165, 1.54) is 0 Å². The normalized spacial score (nSPS) is 10.8. The smallest absolute Gasteiger partial charge is 0.303 e. The van der Waals surface area contributed by atoms with Gasteiger partial charge in [0.05, 0.1) is 43.6 Å². The average Bonchev–Trinajstić information content (AvgIpc) is 3.33. The number of hydrogen-bond donors (Lipinski definition) is 3. The summed E-state index contributed by atoms with van der Waals surface area (Å²) in [6.07, 6.45) is 5.72. The van der Waals surface area contributed by atoms with Crippen LogP contribution in [0.5, 0.6) is 23.5 Å². The molecule has 0 fully saturated rings. The first-order valence-electron chi connectivity index (χ1n) is 21.4. The van der Waals surface area contributed by atoms with Gasteiger partial charge in [0, 0.05) is 49.5 Å². The number of aldehydes is 1. The second kappa shape index (κ2) is 25.2. The predicted molar refractivity (Wildman–Crippen MR) is 256 cm³/mol. The molecule has 0 unspecified atom stereocenters. The van der Waals surface area contributed by atoms with E-state index >= 15 is 0 Å². The Morgan fingerprint density at radius 2 is 1.12 bits per heavy atom. The Bertz CT molecular complexity index is 2780. The number of aliphatic carboxylic acids is 1. The quantitative estimate of drug-likeness (QED) is 0.0360. The van der Waals surface area contributed by atoms with Crippen molar-refractivity contribution in [3.05, 3.63) is 150 Å². The van der Waals surface area contributed by atoms with E-state index in [-0.39, 0.29) is 32.8 Å². The number of hydrogen-bond acceptors (Lipinski definition) is 14. The van der Waals surface area contributed by atoms with E-state index in [9.17, 15) is 20.1 Å². The summed E-state index contributed by atoms with van der Waals surface area (Å²) < 4.78 is 26.3. The molecule has 3 N–H and O–H groups in total. The van der Waals surface area contributed by atoms with Crippen LogP contribution in [0.2, 0.25) is 0 Å². The third-order valence-corrected chi connectivity index (χ3v) is 11.7.